The van der Waals surface area contributed by atoms with E-state index in [4.69, 9.17) is 0 Å². The summed E-state index contributed by atoms with van der Waals surface area (Å²) in [7, 11) is 2.26. The van der Waals surface area contributed by atoms with Crippen molar-refractivity contribution in [3.8, 4) is 0 Å². The summed E-state index contributed by atoms with van der Waals surface area (Å²) in [5.41, 5.74) is -0.527. The molecule has 3 unspecified atom stereocenters. The number of piperidine rings is 2. The summed E-state index contributed by atoms with van der Waals surface area (Å²) >= 11 is 0. The number of carboxylic acids is 1. The minimum Gasteiger partial charge on any atom is -0.481 e. The highest BCUT2D eigenvalue weighted by Gasteiger charge is 2.44. The fourth-order valence-electron chi connectivity index (χ4n) is 4.45. The monoisotopic (exact) mass is 266 g/mol. The summed E-state index contributed by atoms with van der Waals surface area (Å²) in [6, 6.07) is 2.09. The van der Waals surface area contributed by atoms with Gasteiger partial charge in [0.25, 0.3) is 0 Å². The Labute approximate surface area is 115 Å². The quantitative estimate of drug-likeness (QED) is 0.827. The molecule has 108 valence electrons. The summed E-state index contributed by atoms with van der Waals surface area (Å²) < 4.78 is 0. The lowest BCUT2D eigenvalue weighted by molar-refractivity contribution is -0.152. The number of hydrogen-bond acceptors (Lipinski definition) is 3. The average molecular weight is 266 g/mol. The van der Waals surface area contributed by atoms with Crippen LogP contribution in [0.2, 0.25) is 0 Å². The van der Waals surface area contributed by atoms with E-state index in [0.717, 1.165) is 38.0 Å². The van der Waals surface area contributed by atoms with Gasteiger partial charge < -0.3 is 10.0 Å². The van der Waals surface area contributed by atoms with E-state index in [1.807, 2.05) is 6.92 Å². The molecule has 19 heavy (non-hydrogen) atoms. The fourth-order valence-corrected chi connectivity index (χ4v) is 4.45. The van der Waals surface area contributed by atoms with Crippen molar-refractivity contribution in [3.05, 3.63) is 0 Å². The molecule has 0 aliphatic carbocycles. The van der Waals surface area contributed by atoms with Crippen LogP contribution in [0.25, 0.3) is 0 Å². The van der Waals surface area contributed by atoms with Crippen LogP contribution in [-0.2, 0) is 4.79 Å². The molecule has 3 saturated heterocycles. The highest BCUT2D eigenvalue weighted by molar-refractivity contribution is 5.74. The van der Waals surface area contributed by atoms with Crippen LogP contribution < -0.4 is 0 Å². The van der Waals surface area contributed by atoms with Crippen LogP contribution in [0, 0.1) is 5.41 Å². The van der Waals surface area contributed by atoms with Gasteiger partial charge in [0.2, 0.25) is 0 Å². The average Bonchev–Trinajstić information content (AvgIpc) is 2.62. The molecular weight excluding hydrogens is 240 g/mol. The third-order valence-corrected chi connectivity index (χ3v) is 5.83. The number of carbonyl (C=O) groups is 1. The molecule has 0 saturated carbocycles. The molecule has 0 aromatic rings. The minimum absolute atomic E-state index is 0.527. The maximum atomic E-state index is 11.5. The molecule has 2 bridgehead atoms. The van der Waals surface area contributed by atoms with Gasteiger partial charge in [-0.05, 0) is 59.0 Å². The van der Waals surface area contributed by atoms with Crippen LogP contribution in [0.5, 0.6) is 0 Å². The fraction of sp³-hybridized carbons (Fsp3) is 0.933. The van der Waals surface area contributed by atoms with Crippen molar-refractivity contribution in [2.75, 3.05) is 20.1 Å². The highest BCUT2D eigenvalue weighted by Crippen LogP contribution is 2.39. The minimum atomic E-state index is -0.618. The Morgan fingerprint density at radius 2 is 1.84 bits per heavy atom. The van der Waals surface area contributed by atoms with E-state index in [9.17, 15) is 9.90 Å². The van der Waals surface area contributed by atoms with Gasteiger partial charge in [-0.25, -0.2) is 0 Å². The molecule has 3 rings (SSSR count). The predicted molar refractivity (Wildman–Crippen MR) is 74.1 cm³/mol. The van der Waals surface area contributed by atoms with Crippen LogP contribution in [0.15, 0.2) is 0 Å². The van der Waals surface area contributed by atoms with Crippen molar-refractivity contribution in [2.45, 2.75) is 63.6 Å². The summed E-state index contributed by atoms with van der Waals surface area (Å²) in [5.74, 6) is -0.618. The van der Waals surface area contributed by atoms with Crippen molar-refractivity contribution >= 4 is 5.97 Å². The second-order valence-corrected chi connectivity index (χ2v) is 7.12. The lowest BCUT2D eigenvalue weighted by Crippen LogP contribution is -2.54. The van der Waals surface area contributed by atoms with E-state index >= 15 is 0 Å². The Balaban J connectivity index is 1.68. The molecule has 1 N–H and O–H groups in total. The molecule has 0 spiro atoms. The maximum Gasteiger partial charge on any atom is 0.310 e. The van der Waals surface area contributed by atoms with Crippen LogP contribution in [-0.4, -0.2) is 59.1 Å². The third kappa shape index (κ3) is 2.29. The zero-order valence-electron chi connectivity index (χ0n) is 12.1. The molecule has 3 heterocycles. The van der Waals surface area contributed by atoms with Crippen molar-refractivity contribution in [2.24, 2.45) is 5.41 Å². The van der Waals surface area contributed by atoms with E-state index in [1.165, 1.54) is 25.7 Å². The highest BCUT2D eigenvalue weighted by atomic mass is 16.4. The Morgan fingerprint density at radius 1 is 1.21 bits per heavy atom. The first-order valence-electron chi connectivity index (χ1n) is 7.69. The van der Waals surface area contributed by atoms with Gasteiger partial charge in [0.15, 0.2) is 0 Å². The third-order valence-electron chi connectivity index (χ3n) is 5.83. The standard InChI is InChI=1S/C15H26N2O2/c1-15(14(18)19)6-3-7-17(10-15)13-8-11-4-5-12(9-13)16(11)2/h11-13H,3-10H2,1-2H3,(H,18,19). The van der Waals surface area contributed by atoms with Crippen molar-refractivity contribution in [3.63, 3.8) is 0 Å². The first-order chi connectivity index (χ1) is 8.99. The normalized spacial score (nSPS) is 44.4. The molecule has 0 amide bonds. The van der Waals surface area contributed by atoms with E-state index in [0.29, 0.717) is 6.04 Å². The Bertz CT molecular complexity index is 359. The number of fused-ring (bicyclic) bond motifs is 2. The zero-order chi connectivity index (χ0) is 13.6. The largest absolute Gasteiger partial charge is 0.481 e. The smallest absolute Gasteiger partial charge is 0.310 e. The van der Waals surface area contributed by atoms with E-state index in [-0.39, 0.29) is 0 Å². The topological polar surface area (TPSA) is 43.8 Å². The summed E-state index contributed by atoms with van der Waals surface area (Å²) in [4.78, 5) is 16.5. The first-order valence-corrected chi connectivity index (χ1v) is 7.69. The van der Waals surface area contributed by atoms with Gasteiger partial charge in [0.1, 0.15) is 0 Å². The Morgan fingerprint density at radius 3 is 2.42 bits per heavy atom. The van der Waals surface area contributed by atoms with Crippen LogP contribution >= 0.6 is 0 Å². The maximum absolute atomic E-state index is 11.5. The molecule has 4 nitrogen and oxygen atoms in total. The summed E-state index contributed by atoms with van der Waals surface area (Å²) in [6.45, 7) is 3.76. The molecule has 3 aliphatic rings. The Hall–Kier alpha value is -0.610. The number of carboxylic acid groups (broad SMARTS) is 1. The van der Waals surface area contributed by atoms with Crippen LogP contribution in [0.3, 0.4) is 0 Å². The molecule has 3 fully saturated rings. The number of likely N-dealkylation sites (tertiary alicyclic amines) is 1. The summed E-state index contributed by atoms with van der Waals surface area (Å²) in [6.07, 6.45) is 7.01. The van der Waals surface area contributed by atoms with Crippen molar-refractivity contribution in [1.29, 1.82) is 0 Å². The van der Waals surface area contributed by atoms with Crippen LogP contribution in [0.4, 0.5) is 0 Å². The molecule has 4 heteroatoms. The number of hydrogen-bond donors (Lipinski definition) is 1. The lowest BCUT2D eigenvalue weighted by atomic mass is 9.80. The van der Waals surface area contributed by atoms with Crippen LogP contribution in [0.1, 0.15) is 45.4 Å². The molecule has 0 aromatic carbocycles. The van der Waals surface area contributed by atoms with Gasteiger partial charge in [-0.2, -0.15) is 0 Å². The number of rotatable bonds is 2. The second kappa shape index (κ2) is 4.74. The van der Waals surface area contributed by atoms with E-state index in [1.54, 1.807) is 0 Å². The molecular formula is C15H26N2O2. The van der Waals surface area contributed by atoms with Gasteiger partial charge >= 0.3 is 5.97 Å². The first kappa shape index (κ1) is 13.4. The van der Waals surface area contributed by atoms with E-state index in [2.05, 4.69) is 16.8 Å². The molecule has 0 aromatic heterocycles. The number of nitrogens with zero attached hydrogens (tertiary/aromatic N) is 2. The predicted octanol–water partition coefficient (Wildman–Crippen LogP) is 1.80. The SMILES string of the molecule is CN1C2CCC1CC(N1CCCC(C)(C(=O)O)C1)C2. The molecule has 3 atom stereocenters. The van der Waals surface area contributed by atoms with Crippen molar-refractivity contribution in [1.82, 2.24) is 9.80 Å². The lowest BCUT2D eigenvalue weighted by Gasteiger charge is -2.46. The van der Waals surface area contributed by atoms with Gasteiger partial charge in [-0.15, -0.1) is 0 Å². The Kier molecular flexibility index (Phi) is 3.34. The van der Waals surface area contributed by atoms with Gasteiger partial charge in [-0.3, -0.25) is 9.69 Å². The van der Waals surface area contributed by atoms with E-state index < -0.39 is 11.4 Å². The van der Waals surface area contributed by atoms with Gasteiger partial charge in [0, 0.05) is 24.7 Å². The summed E-state index contributed by atoms with van der Waals surface area (Å²) in [5, 5.41) is 9.44. The number of aliphatic carboxylic acids is 1. The van der Waals surface area contributed by atoms with Gasteiger partial charge in [0.05, 0.1) is 5.41 Å². The molecule has 3 aliphatic heterocycles. The zero-order valence-corrected chi connectivity index (χ0v) is 12.1. The molecule has 0 radical (unpaired) electrons. The van der Waals surface area contributed by atoms with Crippen molar-refractivity contribution < 1.29 is 9.90 Å². The second-order valence-electron chi connectivity index (χ2n) is 7.12. The van der Waals surface area contributed by atoms with Gasteiger partial charge in [-0.1, -0.05) is 0 Å².